The summed E-state index contributed by atoms with van der Waals surface area (Å²) in [6.45, 7) is 4.17. The lowest BCUT2D eigenvalue weighted by Gasteiger charge is -2.18. The van der Waals surface area contributed by atoms with Gasteiger partial charge in [-0.25, -0.2) is 8.42 Å². The summed E-state index contributed by atoms with van der Waals surface area (Å²) in [4.78, 5) is 12.3. The average molecular weight is 411 g/mol. The molecule has 150 valence electrons. The molecule has 0 atom stereocenters. The second-order valence-corrected chi connectivity index (χ2v) is 7.87. The van der Waals surface area contributed by atoms with Crippen molar-refractivity contribution >= 4 is 21.9 Å². The normalized spacial score (nSPS) is 12.6. The molecular weight excluding hydrogens is 391 g/mol. The smallest absolute Gasteiger partial charge is 0.289 e. The Balaban J connectivity index is 2.14. The van der Waals surface area contributed by atoms with Gasteiger partial charge in [-0.05, 0) is 48.0 Å². The highest BCUT2D eigenvalue weighted by atomic mass is 32.2. The van der Waals surface area contributed by atoms with Crippen LogP contribution in [0.3, 0.4) is 0 Å². The van der Waals surface area contributed by atoms with Crippen LogP contribution in [0.15, 0.2) is 59.5 Å². The number of carbonyl (C=O) groups excluding carboxylic acids is 1. The van der Waals surface area contributed by atoms with Crippen LogP contribution in [0.25, 0.3) is 6.08 Å². The van der Waals surface area contributed by atoms with Gasteiger partial charge in [-0.1, -0.05) is 32.1 Å². The standard InChI is InChI=1S/C20H20F3NO3S/c1-3-24(4-2)28(26,27)18-12-8-16(9-13-18)19(25)14-7-15-5-10-17(11-6-15)20(21,22)23/h5-14H,3-4H2,1-2H3. The van der Waals surface area contributed by atoms with E-state index in [9.17, 15) is 26.4 Å². The van der Waals surface area contributed by atoms with E-state index < -0.39 is 21.8 Å². The zero-order valence-electron chi connectivity index (χ0n) is 15.4. The lowest BCUT2D eigenvalue weighted by molar-refractivity contribution is -0.137. The average Bonchev–Trinajstić information content (AvgIpc) is 2.66. The molecule has 0 aliphatic rings. The Morgan fingerprint density at radius 3 is 1.96 bits per heavy atom. The number of carbonyl (C=O) groups is 1. The number of benzene rings is 2. The predicted molar refractivity (Wildman–Crippen MR) is 101 cm³/mol. The second-order valence-electron chi connectivity index (χ2n) is 5.93. The van der Waals surface area contributed by atoms with Gasteiger partial charge in [-0.15, -0.1) is 0 Å². The SMILES string of the molecule is CCN(CC)S(=O)(=O)c1ccc(C(=O)C=Cc2ccc(C(F)(F)F)cc2)cc1. The van der Waals surface area contributed by atoms with Crippen LogP contribution in [0.4, 0.5) is 13.2 Å². The summed E-state index contributed by atoms with van der Waals surface area (Å²) in [6.07, 6.45) is -1.77. The number of hydrogen-bond donors (Lipinski definition) is 0. The zero-order chi connectivity index (χ0) is 20.9. The number of nitrogens with zero attached hydrogens (tertiary/aromatic N) is 1. The number of sulfonamides is 1. The second kappa shape index (κ2) is 8.70. The summed E-state index contributed by atoms with van der Waals surface area (Å²) in [7, 11) is -3.60. The third-order valence-corrected chi connectivity index (χ3v) is 6.21. The summed E-state index contributed by atoms with van der Waals surface area (Å²) in [5.41, 5.74) is -0.0373. The minimum absolute atomic E-state index is 0.0967. The lowest BCUT2D eigenvalue weighted by Crippen LogP contribution is -2.30. The molecule has 0 unspecified atom stereocenters. The third kappa shape index (κ3) is 5.08. The number of halogens is 3. The summed E-state index contributed by atoms with van der Waals surface area (Å²) in [6, 6.07) is 9.98. The molecule has 2 aromatic rings. The molecule has 2 rings (SSSR count). The number of allylic oxidation sites excluding steroid dienone is 1. The van der Waals surface area contributed by atoms with Crippen molar-refractivity contribution in [2.24, 2.45) is 0 Å². The number of alkyl halides is 3. The molecule has 0 saturated carbocycles. The van der Waals surface area contributed by atoms with Gasteiger partial charge >= 0.3 is 6.18 Å². The molecule has 0 amide bonds. The van der Waals surface area contributed by atoms with E-state index in [-0.39, 0.29) is 16.2 Å². The molecule has 0 aromatic heterocycles. The maximum absolute atomic E-state index is 12.5. The summed E-state index contributed by atoms with van der Waals surface area (Å²) < 4.78 is 63.8. The Labute approximate surface area is 162 Å². The molecule has 28 heavy (non-hydrogen) atoms. The van der Waals surface area contributed by atoms with E-state index in [0.717, 1.165) is 12.1 Å². The minimum atomic E-state index is -4.41. The van der Waals surface area contributed by atoms with Crippen molar-refractivity contribution in [1.82, 2.24) is 4.31 Å². The van der Waals surface area contributed by atoms with Crippen molar-refractivity contribution in [3.63, 3.8) is 0 Å². The molecule has 8 heteroatoms. The first-order chi connectivity index (χ1) is 13.1. The molecule has 0 aliphatic heterocycles. The topological polar surface area (TPSA) is 54.5 Å². The highest BCUT2D eigenvalue weighted by Gasteiger charge is 2.29. The van der Waals surface area contributed by atoms with E-state index >= 15 is 0 Å². The largest absolute Gasteiger partial charge is 0.416 e. The van der Waals surface area contributed by atoms with E-state index in [1.54, 1.807) is 13.8 Å². The quantitative estimate of drug-likeness (QED) is 0.493. The van der Waals surface area contributed by atoms with Gasteiger partial charge in [0.2, 0.25) is 10.0 Å². The maximum atomic E-state index is 12.5. The Hall–Kier alpha value is -2.45. The van der Waals surface area contributed by atoms with Gasteiger partial charge in [0.05, 0.1) is 10.5 Å². The van der Waals surface area contributed by atoms with Crippen LogP contribution in [0, 0.1) is 0 Å². The van der Waals surface area contributed by atoms with Crippen LogP contribution in [0.5, 0.6) is 0 Å². The molecule has 0 fully saturated rings. The van der Waals surface area contributed by atoms with Crippen LogP contribution in [-0.2, 0) is 16.2 Å². The number of hydrogen-bond acceptors (Lipinski definition) is 3. The third-order valence-electron chi connectivity index (χ3n) is 4.15. The van der Waals surface area contributed by atoms with Crippen molar-refractivity contribution in [3.8, 4) is 0 Å². The van der Waals surface area contributed by atoms with E-state index in [2.05, 4.69) is 0 Å². The van der Waals surface area contributed by atoms with Crippen LogP contribution >= 0.6 is 0 Å². The van der Waals surface area contributed by atoms with Gasteiger partial charge in [-0.3, -0.25) is 4.79 Å². The minimum Gasteiger partial charge on any atom is -0.289 e. The van der Waals surface area contributed by atoms with Crippen LogP contribution in [0.1, 0.15) is 35.3 Å². The van der Waals surface area contributed by atoms with Crippen LogP contribution < -0.4 is 0 Å². The summed E-state index contributed by atoms with van der Waals surface area (Å²) in [5.74, 6) is -0.383. The Morgan fingerprint density at radius 2 is 1.50 bits per heavy atom. The predicted octanol–water partition coefficient (Wildman–Crippen LogP) is 4.63. The Kier molecular flexibility index (Phi) is 6.79. The van der Waals surface area contributed by atoms with Crippen LogP contribution in [0.2, 0.25) is 0 Å². The first-order valence-electron chi connectivity index (χ1n) is 8.59. The van der Waals surface area contributed by atoms with E-state index in [4.69, 9.17) is 0 Å². The van der Waals surface area contributed by atoms with Gasteiger partial charge in [0.15, 0.2) is 5.78 Å². The summed E-state index contributed by atoms with van der Waals surface area (Å²) >= 11 is 0. The van der Waals surface area contributed by atoms with Crippen molar-refractivity contribution < 1.29 is 26.4 Å². The molecule has 4 nitrogen and oxygen atoms in total. The molecular formula is C20H20F3NO3S. The van der Waals surface area contributed by atoms with Gasteiger partial charge in [0, 0.05) is 18.7 Å². The Bertz CT molecular complexity index is 944. The molecule has 0 N–H and O–H groups in total. The first kappa shape index (κ1) is 21.8. The Morgan fingerprint density at radius 1 is 0.964 bits per heavy atom. The monoisotopic (exact) mass is 411 g/mol. The molecule has 0 spiro atoms. The molecule has 2 aromatic carbocycles. The van der Waals surface area contributed by atoms with Gasteiger partial charge in [-0.2, -0.15) is 17.5 Å². The highest BCUT2D eigenvalue weighted by Crippen LogP contribution is 2.29. The van der Waals surface area contributed by atoms with Crippen molar-refractivity contribution in [3.05, 3.63) is 71.3 Å². The lowest BCUT2D eigenvalue weighted by atomic mass is 10.1. The van der Waals surface area contributed by atoms with Crippen LogP contribution in [-0.4, -0.2) is 31.6 Å². The van der Waals surface area contributed by atoms with E-state index in [0.29, 0.717) is 18.7 Å². The number of rotatable bonds is 7. The zero-order valence-corrected chi connectivity index (χ0v) is 16.2. The van der Waals surface area contributed by atoms with Crippen molar-refractivity contribution in [2.45, 2.75) is 24.9 Å². The molecule has 0 aliphatic carbocycles. The molecule has 0 saturated heterocycles. The van der Waals surface area contributed by atoms with E-state index in [1.165, 1.54) is 52.9 Å². The molecule has 0 bridgehead atoms. The first-order valence-corrected chi connectivity index (χ1v) is 10.0. The van der Waals surface area contributed by atoms with Gasteiger partial charge < -0.3 is 0 Å². The van der Waals surface area contributed by atoms with E-state index in [1.807, 2.05) is 0 Å². The van der Waals surface area contributed by atoms with Crippen molar-refractivity contribution in [2.75, 3.05) is 13.1 Å². The number of ketones is 1. The molecule has 0 heterocycles. The fourth-order valence-electron chi connectivity index (χ4n) is 2.56. The van der Waals surface area contributed by atoms with Gasteiger partial charge in [0.1, 0.15) is 0 Å². The summed E-state index contributed by atoms with van der Waals surface area (Å²) in [5, 5.41) is 0. The highest BCUT2D eigenvalue weighted by molar-refractivity contribution is 7.89. The maximum Gasteiger partial charge on any atom is 0.416 e. The fraction of sp³-hybridized carbons (Fsp3) is 0.250. The van der Waals surface area contributed by atoms with Gasteiger partial charge in [0.25, 0.3) is 0 Å². The van der Waals surface area contributed by atoms with Crippen molar-refractivity contribution in [1.29, 1.82) is 0 Å². The molecule has 0 radical (unpaired) electrons. The fourth-order valence-corrected chi connectivity index (χ4v) is 4.01.